The summed E-state index contributed by atoms with van der Waals surface area (Å²) >= 11 is 5.76. The number of nitriles is 1. The van der Waals surface area contributed by atoms with E-state index in [0.29, 0.717) is 33.8 Å². The third kappa shape index (κ3) is 6.34. The number of aryl methyl sites for hydroxylation is 1. The highest BCUT2D eigenvalue weighted by Gasteiger charge is 2.14. The monoisotopic (exact) mass is 602 g/mol. The van der Waals surface area contributed by atoms with E-state index in [2.05, 4.69) is 43.8 Å². The number of benzene rings is 3. The maximum atomic E-state index is 12.6. The lowest BCUT2D eigenvalue weighted by Gasteiger charge is -2.13. The minimum Gasteiger partial charge on any atom is -0.493 e. The average Bonchev–Trinajstić information content (AvgIpc) is 2.78. The van der Waals surface area contributed by atoms with Gasteiger partial charge in [-0.2, -0.15) is 5.26 Å². The van der Waals surface area contributed by atoms with Crippen LogP contribution in [-0.4, -0.2) is 13.0 Å². The van der Waals surface area contributed by atoms with Crippen LogP contribution in [0.2, 0.25) is 0 Å². The number of hydrogen-bond acceptors (Lipinski definition) is 4. The standard InChI is InChI=1S/C25H20BrIN2O3/c1-16-4-3-5-21(10-16)29-25(30)19(14-28)11-18-12-23(31-2)24(13-22(18)26)32-15-17-6-8-20(27)9-7-17/h3-13H,15H2,1-2H3,(H,29,30)/b19-11-. The normalized spacial score (nSPS) is 10.9. The van der Waals surface area contributed by atoms with Crippen molar-refractivity contribution in [3.05, 3.63) is 91.0 Å². The van der Waals surface area contributed by atoms with Gasteiger partial charge in [0.15, 0.2) is 11.5 Å². The molecule has 0 aliphatic carbocycles. The molecule has 5 nitrogen and oxygen atoms in total. The van der Waals surface area contributed by atoms with Crippen molar-refractivity contribution in [2.75, 3.05) is 12.4 Å². The van der Waals surface area contributed by atoms with Crippen molar-refractivity contribution < 1.29 is 14.3 Å². The van der Waals surface area contributed by atoms with Crippen LogP contribution in [0.25, 0.3) is 6.08 Å². The minimum atomic E-state index is -0.483. The molecule has 7 heteroatoms. The smallest absolute Gasteiger partial charge is 0.266 e. The lowest BCUT2D eigenvalue weighted by Crippen LogP contribution is -2.13. The maximum absolute atomic E-state index is 12.6. The molecule has 0 aromatic heterocycles. The molecular formula is C25H20BrIN2O3. The summed E-state index contributed by atoms with van der Waals surface area (Å²) in [6, 6.07) is 20.9. The van der Waals surface area contributed by atoms with Gasteiger partial charge in [0.2, 0.25) is 0 Å². The maximum Gasteiger partial charge on any atom is 0.266 e. The number of methoxy groups -OCH3 is 1. The van der Waals surface area contributed by atoms with Crippen LogP contribution >= 0.6 is 38.5 Å². The Bertz CT molecular complexity index is 1200. The van der Waals surface area contributed by atoms with Gasteiger partial charge in [0, 0.05) is 13.7 Å². The van der Waals surface area contributed by atoms with E-state index in [1.54, 1.807) is 25.3 Å². The molecule has 0 aliphatic heterocycles. The van der Waals surface area contributed by atoms with Gasteiger partial charge in [0.05, 0.1) is 7.11 Å². The van der Waals surface area contributed by atoms with Gasteiger partial charge in [-0.25, -0.2) is 0 Å². The predicted molar refractivity (Wildman–Crippen MR) is 138 cm³/mol. The molecule has 0 fully saturated rings. The Morgan fingerprint density at radius 2 is 1.91 bits per heavy atom. The largest absolute Gasteiger partial charge is 0.493 e. The highest BCUT2D eigenvalue weighted by atomic mass is 127. The number of carbonyl (C=O) groups is 1. The van der Waals surface area contributed by atoms with Crippen molar-refractivity contribution in [1.82, 2.24) is 0 Å². The predicted octanol–water partition coefficient (Wildman–Crippen LogP) is 6.50. The van der Waals surface area contributed by atoms with Crippen LogP contribution in [0, 0.1) is 21.8 Å². The van der Waals surface area contributed by atoms with Crippen molar-refractivity contribution in [3.63, 3.8) is 0 Å². The van der Waals surface area contributed by atoms with Crippen molar-refractivity contribution in [2.24, 2.45) is 0 Å². The Balaban J connectivity index is 1.81. The average molecular weight is 603 g/mol. The number of carbonyl (C=O) groups excluding carboxylic acids is 1. The third-order valence-corrected chi connectivity index (χ3v) is 5.94. The number of nitrogens with one attached hydrogen (secondary N) is 1. The molecule has 0 spiro atoms. The van der Waals surface area contributed by atoms with E-state index in [9.17, 15) is 10.1 Å². The molecule has 1 N–H and O–H groups in total. The molecule has 0 saturated heterocycles. The molecule has 0 saturated carbocycles. The van der Waals surface area contributed by atoms with Crippen molar-refractivity contribution in [2.45, 2.75) is 13.5 Å². The van der Waals surface area contributed by atoms with Gasteiger partial charge in [0.1, 0.15) is 18.2 Å². The summed E-state index contributed by atoms with van der Waals surface area (Å²) in [5.74, 6) is 0.571. The van der Waals surface area contributed by atoms with Crippen LogP contribution < -0.4 is 14.8 Å². The molecule has 0 atom stereocenters. The molecule has 1 amide bonds. The summed E-state index contributed by atoms with van der Waals surface area (Å²) in [7, 11) is 1.55. The van der Waals surface area contributed by atoms with Crippen LogP contribution in [0.15, 0.2) is 70.7 Å². The van der Waals surface area contributed by atoms with Gasteiger partial charge in [-0.05, 0) is 88.7 Å². The van der Waals surface area contributed by atoms with Crippen LogP contribution in [0.5, 0.6) is 11.5 Å². The number of halogens is 2. The van der Waals surface area contributed by atoms with Crippen LogP contribution in [0.4, 0.5) is 5.69 Å². The highest BCUT2D eigenvalue weighted by Crippen LogP contribution is 2.35. The number of anilines is 1. The van der Waals surface area contributed by atoms with E-state index in [4.69, 9.17) is 9.47 Å². The number of rotatable bonds is 7. The van der Waals surface area contributed by atoms with E-state index in [-0.39, 0.29) is 5.57 Å². The van der Waals surface area contributed by atoms with Crippen molar-refractivity contribution >= 4 is 56.2 Å². The lowest BCUT2D eigenvalue weighted by atomic mass is 10.1. The summed E-state index contributed by atoms with van der Waals surface area (Å²) in [5, 5.41) is 12.3. The van der Waals surface area contributed by atoms with Crippen LogP contribution in [0.1, 0.15) is 16.7 Å². The molecule has 0 radical (unpaired) electrons. The van der Waals surface area contributed by atoms with Gasteiger partial charge < -0.3 is 14.8 Å². The quantitative estimate of drug-likeness (QED) is 0.190. The fourth-order valence-corrected chi connectivity index (χ4v) is 3.70. The molecule has 162 valence electrons. The van der Waals surface area contributed by atoms with E-state index in [1.165, 1.54) is 6.08 Å². The molecular weight excluding hydrogens is 583 g/mol. The van der Waals surface area contributed by atoms with Crippen LogP contribution in [-0.2, 0) is 11.4 Å². The van der Waals surface area contributed by atoms with Crippen LogP contribution in [0.3, 0.4) is 0 Å². The fourth-order valence-electron chi connectivity index (χ4n) is 2.90. The van der Waals surface area contributed by atoms with E-state index in [1.807, 2.05) is 55.5 Å². The number of nitrogens with zero attached hydrogens (tertiary/aromatic N) is 1. The van der Waals surface area contributed by atoms with Crippen molar-refractivity contribution in [1.29, 1.82) is 5.26 Å². The zero-order valence-corrected chi connectivity index (χ0v) is 21.2. The van der Waals surface area contributed by atoms with Gasteiger partial charge in [-0.15, -0.1) is 0 Å². The third-order valence-electron chi connectivity index (χ3n) is 4.53. The first-order chi connectivity index (χ1) is 15.4. The van der Waals surface area contributed by atoms with E-state index >= 15 is 0 Å². The van der Waals surface area contributed by atoms with E-state index in [0.717, 1.165) is 14.7 Å². The van der Waals surface area contributed by atoms with E-state index < -0.39 is 5.91 Å². The zero-order chi connectivity index (χ0) is 23.1. The Hall–Kier alpha value is -2.83. The molecule has 3 aromatic rings. The molecule has 3 rings (SSSR count). The number of hydrogen-bond donors (Lipinski definition) is 1. The first-order valence-corrected chi connectivity index (χ1v) is 11.5. The highest BCUT2D eigenvalue weighted by molar-refractivity contribution is 14.1. The second kappa shape index (κ2) is 11.2. The van der Waals surface area contributed by atoms with Gasteiger partial charge >= 0.3 is 0 Å². The summed E-state index contributed by atoms with van der Waals surface area (Å²) in [4.78, 5) is 12.6. The Kier molecular flexibility index (Phi) is 8.31. The summed E-state index contributed by atoms with van der Waals surface area (Å²) in [6.45, 7) is 2.32. The summed E-state index contributed by atoms with van der Waals surface area (Å²) < 4.78 is 13.2. The Morgan fingerprint density at radius 1 is 1.16 bits per heavy atom. The first-order valence-electron chi connectivity index (χ1n) is 9.64. The second-order valence-corrected chi connectivity index (χ2v) is 9.03. The SMILES string of the molecule is COc1cc(/C=C(/C#N)C(=O)Nc2cccc(C)c2)c(Br)cc1OCc1ccc(I)cc1. The molecule has 3 aromatic carbocycles. The van der Waals surface area contributed by atoms with Gasteiger partial charge in [-0.1, -0.05) is 40.2 Å². The summed E-state index contributed by atoms with van der Waals surface area (Å²) in [5.41, 5.74) is 3.28. The number of amides is 1. The van der Waals surface area contributed by atoms with Gasteiger partial charge in [0.25, 0.3) is 5.91 Å². The zero-order valence-electron chi connectivity index (χ0n) is 17.5. The molecule has 32 heavy (non-hydrogen) atoms. The second-order valence-electron chi connectivity index (χ2n) is 6.93. The topological polar surface area (TPSA) is 71.3 Å². The molecule has 0 aliphatic rings. The minimum absolute atomic E-state index is 0.0261. The summed E-state index contributed by atoms with van der Waals surface area (Å²) in [6.07, 6.45) is 1.51. The molecule has 0 heterocycles. The molecule has 0 bridgehead atoms. The number of ether oxygens (including phenoxy) is 2. The van der Waals surface area contributed by atoms with Gasteiger partial charge in [-0.3, -0.25) is 4.79 Å². The Labute approximate surface area is 209 Å². The fraction of sp³-hybridized carbons (Fsp3) is 0.120. The Morgan fingerprint density at radius 3 is 2.56 bits per heavy atom. The molecule has 0 unspecified atom stereocenters. The lowest BCUT2D eigenvalue weighted by molar-refractivity contribution is -0.112. The van der Waals surface area contributed by atoms with Crippen molar-refractivity contribution in [3.8, 4) is 17.6 Å². The first kappa shape index (κ1) is 23.8.